The molecule has 0 radical (unpaired) electrons. The number of benzene rings is 1. The summed E-state index contributed by atoms with van der Waals surface area (Å²) in [6, 6.07) is 2.77. The van der Waals surface area contributed by atoms with Crippen molar-refractivity contribution in [2.24, 2.45) is 5.73 Å². The minimum absolute atomic E-state index is 0.0856. The zero-order chi connectivity index (χ0) is 14.1. The minimum atomic E-state index is -0.517. The summed E-state index contributed by atoms with van der Waals surface area (Å²) in [4.78, 5) is 1.86. The van der Waals surface area contributed by atoms with Crippen molar-refractivity contribution >= 4 is 5.69 Å². The zero-order valence-electron chi connectivity index (χ0n) is 11.4. The van der Waals surface area contributed by atoms with Crippen molar-refractivity contribution in [3.63, 3.8) is 0 Å². The number of hydrogen-bond acceptors (Lipinski definition) is 3. The Balaban J connectivity index is 1.94. The first kappa shape index (κ1) is 13.8. The molecule has 20 heavy (non-hydrogen) atoms. The molecular weight excluding hydrogens is 262 g/mol. The third-order valence-electron chi connectivity index (χ3n) is 4.33. The Morgan fingerprint density at radius 2 is 1.90 bits per heavy atom. The predicted octanol–water partition coefficient (Wildman–Crippen LogP) is 2.57. The molecule has 3 nitrogen and oxygen atoms in total. The number of ether oxygens (including phenoxy) is 1. The first-order valence-electron chi connectivity index (χ1n) is 7.27. The second-order valence-corrected chi connectivity index (χ2v) is 5.57. The van der Waals surface area contributed by atoms with Crippen LogP contribution in [0.4, 0.5) is 14.5 Å². The van der Waals surface area contributed by atoms with Gasteiger partial charge < -0.3 is 15.4 Å². The van der Waals surface area contributed by atoms with E-state index in [9.17, 15) is 8.78 Å². The number of hydrogen-bond donors (Lipinski definition) is 1. The van der Waals surface area contributed by atoms with Crippen molar-refractivity contribution in [3.8, 4) is 0 Å². The van der Waals surface area contributed by atoms with E-state index in [2.05, 4.69) is 0 Å². The first-order valence-corrected chi connectivity index (χ1v) is 7.27. The van der Waals surface area contributed by atoms with E-state index >= 15 is 0 Å². The lowest BCUT2D eigenvalue weighted by molar-refractivity contribution is -0.00916. The molecule has 2 unspecified atom stereocenters. The molecule has 1 heterocycles. The maximum Gasteiger partial charge on any atom is 0.149 e. The summed E-state index contributed by atoms with van der Waals surface area (Å²) in [5.41, 5.74) is 6.02. The number of nitrogens with two attached hydrogens (primary N) is 1. The summed E-state index contributed by atoms with van der Waals surface area (Å²) in [5.74, 6) is -1.03. The van der Waals surface area contributed by atoms with Gasteiger partial charge in [0, 0.05) is 13.1 Å². The van der Waals surface area contributed by atoms with Crippen LogP contribution < -0.4 is 10.6 Å². The van der Waals surface area contributed by atoms with E-state index in [1.165, 1.54) is 12.1 Å². The van der Waals surface area contributed by atoms with Crippen LogP contribution in [0.1, 0.15) is 31.2 Å². The minimum Gasteiger partial charge on any atom is -0.374 e. The summed E-state index contributed by atoms with van der Waals surface area (Å²) >= 11 is 0. The van der Waals surface area contributed by atoms with Crippen LogP contribution in [0.15, 0.2) is 12.1 Å². The molecule has 1 aliphatic carbocycles. The average molecular weight is 282 g/mol. The Morgan fingerprint density at radius 3 is 2.60 bits per heavy atom. The summed E-state index contributed by atoms with van der Waals surface area (Å²) in [7, 11) is 0. The van der Waals surface area contributed by atoms with Gasteiger partial charge in [0.1, 0.15) is 17.3 Å². The molecule has 110 valence electrons. The summed E-state index contributed by atoms with van der Waals surface area (Å²) in [6.45, 7) is 1.21. The highest BCUT2D eigenvalue weighted by atomic mass is 19.1. The van der Waals surface area contributed by atoms with E-state index in [0.717, 1.165) is 25.7 Å². The highest BCUT2D eigenvalue weighted by Gasteiger charge is 2.36. The van der Waals surface area contributed by atoms with Gasteiger partial charge in [-0.25, -0.2) is 8.78 Å². The third kappa shape index (κ3) is 2.40. The molecule has 2 atom stereocenters. The number of halogens is 2. The van der Waals surface area contributed by atoms with E-state index in [1.807, 2.05) is 4.90 Å². The number of rotatable bonds is 2. The fourth-order valence-corrected chi connectivity index (χ4v) is 3.38. The largest absolute Gasteiger partial charge is 0.374 e. The smallest absolute Gasteiger partial charge is 0.149 e. The Labute approximate surface area is 117 Å². The molecule has 5 heteroatoms. The van der Waals surface area contributed by atoms with Crippen molar-refractivity contribution in [3.05, 3.63) is 29.3 Å². The second-order valence-electron chi connectivity index (χ2n) is 5.57. The van der Waals surface area contributed by atoms with Gasteiger partial charge in [-0.3, -0.25) is 0 Å². The molecule has 0 spiro atoms. The number of anilines is 1. The molecule has 0 aromatic heterocycles. The Morgan fingerprint density at radius 1 is 1.20 bits per heavy atom. The second kappa shape index (κ2) is 5.66. The lowest BCUT2D eigenvalue weighted by Gasteiger charge is -2.45. The molecule has 1 aliphatic heterocycles. The predicted molar refractivity (Wildman–Crippen MR) is 73.6 cm³/mol. The van der Waals surface area contributed by atoms with Gasteiger partial charge in [0.25, 0.3) is 0 Å². The maximum atomic E-state index is 14.3. The molecular formula is C15H20F2N2O. The van der Waals surface area contributed by atoms with Crippen LogP contribution in [0.25, 0.3) is 0 Å². The van der Waals surface area contributed by atoms with Gasteiger partial charge in [0.05, 0.1) is 18.8 Å². The standard InChI is InChI=1S/C15H20F2N2O/c16-11-7-10(9-18)8-12(17)15(11)19-5-6-20-14-4-2-1-3-13(14)19/h7-8,13-14H,1-6,9,18H2. The molecule has 2 N–H and O–H groups in total. The maximum absolute atomic E-state index is 14.3. The van der Waals surface area contributed by atoms with Gasteiger partial charge in [-0.1, -0.05) is 12.8 Å². The van der Waals surface area contributed by atoms with Gasteiger partial charge in [0.2, 0.25) is 0 Å². The summed E-state index contributed by atoms with van der Waals surface area (Å²) in [6.07, 6.45) is 4.23. The zero-order valence-corrected chi connectivity index (χ0v) is 11.4. The molecule has 1 saturated heterocycles. The van der Waals surface area contributed by atoms with Crippen molar-refractivity contribution in [2.75, 3.05) is 18.1 Å². The molecule has 0 amide bonds. The normalized spacial score (nSPS) is 26.4. The van der Waals surface area contributed by atoms with Gasteiger partial charge in [0.15, 0.2) is 0 Å². The highest BCUT2D eigenvalue weighted by Crippen LogP contribution is 2.35. The van der Waals surface area contributed by atoms with Crippen LogP contribution in [-0.4, -0.2) is 25.3 Å². The molecule has 1 saturated carbocycles. The topological polar surface area (TPSA) is 38.5 Å². The van der Waals surface area contributed by atoms with E-state index in [-0.39, 0.29) is 24.4 Å². The molecule has 3 rings (SSSR count). The van der Waals surface area contributed by atoms with Crippen LogP contribution in [0, 0.1) is 11.6 Å². The number of nitrogens with zero attached hydrogens (tertiary/aromatic N) is 1. The van der Waals surface area contributed by atoms with Gasteiger partial charge >= 0.3 is 0 Å². The van der Waals surface area contributed by atoms with Gasteiger partial charge in [-0.2, -0.15) is 0 Å². The SMILES string of the molecule is NCc1cc(F)c(N2CCOC3CCCCC32)c(F)c1. The quantitative estimate of drug-likeness (QED) is 0.906. The Bertz CT molecular complexity index is 470. The van der Waals surface area contributed by atoms with E-state index < -0.39 is 11.6 Å². The van der Waals surface area contributed by atoms with E-state index in [1.54, 1.807) is 0 Å². The van der Waals surface area contributed by atoms with Crippen LogP contribution in [0.5, 0.6) is 0 Å². The average Bonchev–Trinajstić information content (AvgIpc) is 2.46. The van der Waals surface area contributed by atoms with Gasteiger partial charge in [-0.15, -0.1) is 0 Å². The third-order valence-corrected chi connectivity index (χ3v) is 4.33. The van der Waals surface area contributed by atoms with Crippen molar-refractivity contribution < 1.29 is 13.5 Å². The van der Waals surface area contributed by atoms with Gasteiger partial charge in [-0.05, 0) is 30.5 Å². The lowest BCUT2D eigenvalue weighted by Crippen LogP contribution is -2.53. The fourth-order valence-electron chi connectivity index (χ4n) is 3.38. The van der Waals surface area contributed by atoms with Crippen molar-refractivity contribution in [2.45, 2.75) is 44.4 Å². The van der Waals surface area contributed by atoms with E-state index in [0.29, 0.717) is 18.7 Å². The first-order chi connectivity index (χ1) is 9.70. The van der Waals surface area contributed by atoms with Crippen LogP contribution in [-0.2, 0) is 11.3 Å². The Hall–Kier alpha value is -1.20. The number of morpholine rings is 1. The molecule has 2 fully saturated rings. The Kier molecular flexibility index (Phi) is 3.89. The van der Waals surface area contributed by atoms with E-state index in [4.69, 9.17) is 10.5 Å². The fraction of sp³-hybridized carbons (Fsp3) is 0.600. The number of fused-ring (bicyclic) bond motifs is 1. The van der Waals surface area contributed by atoms with Crippen LogP contribution in [0.3, 0.4) is 0 Å². The molecule has 1 aromatic rings. The van der Waals surface area contributed by atoms with Crippen molar-refractivity contribution in [1.82, 2.24) is 0 Å². The van der Waals surface area contributed by atoms with Crippen LogP contribution in [0.2, 0.25) is 0 Å². The molecule has 1 aromatic carbocycles. The monoisotopic (exact) mass is 282 g/mol. The van der Waals surface area contributed by atoms with Crippen LogP contribution >= 0.6 is 0 Å². The summed E-state index contributed by atoms with van der Waals surface area (Å²) < 4.78 is 34.3. The van der Waals surface area contributed by atoms with Crippen molar-refractivity contribution in [1.29, 1.82) is 0 Å². The molecule has 0 bridgehead atoms. The summed E-state index contributed by atoms with van der Waals surface area (Å²) in [5, 5.41) is 0. The highest BCUT2D eigenvalue weighted by molar-refractivity contribution is 5.52. The molecule has 2 aliphatic rings. The lowest BCUT2D eigenvalue weighted by atomic mass is 9.89.